The highest BCUT2D eigenvalue weighted by molar-refractivity contribution is 5.91. The fourth-order valence-corrected chi connectivity index (χ4v) is 2.76. The standard InChI is InChI=1S/C16H18F3N5O/c17-16(18,19)12-3-1-2-11(8-12)9-21-15(25)14-10-24(23-22-14)13-4-6-20-7-5-13/h1-3,8,10,13,20H,4-7,9H2,(H,21,25). The highest BCUT2D eigenvalue weighted by Crippen LogP contribution is 2.29. The summed E-state index contributed by atoms with van der Waals surface area (Å²) < 4.78 is 39.8. The van der Waals surface area contributed by atoms with Gasteiger partial charge in [0.25, 0.3) is 5.91 Å². The molecule has 1 aromatic carbocycles. The van der Waals surface area contributed by atoms with Gasteiger partial charge in [-0.05, 0) is 43.6 Å². The first-order valence-electron chi connectivity index (χ1n) is 8.00. The number of piperidine rings is 1. The van der Waals surface area contributed by atoms with E-state index in [1.807, 2.05) is 0 Å². The number of hydrogen-bond acceptors (Lipinski definition) is 4. The first kappa shape index (κ1) is 17.4. The average Bonchev–Trinajstić information content (AvgIpc) is 3.10. The monoisotopic (exact) mass is 353 g/mol. The summed E-state index contributed by atoms with van der Waals surface area (Å²) in [5.41, 5.74) is -0.212. The number of amides is 1. The minimum absolute atomic E-state index is 0.0110. The normalized spacial score (nSPS) is 16.0. The first-order valence-corrected chi connectivity index (χ1v) is 8.00. The molecule has 0 bridgehead atoms. The second-order valence-corrected chi connectivity index (χ2v) is 5.95. The first-order chi connectivity index (χ1) is 11.9. The maximum Gasteiger partial charge on any atom is 0.416 e. The number of carbonyl (C=O) groups excluding carboxylic acids is 1. The van der Waals surface area contributed by atoms with Gasteiger partial charge in [0.05, 0.1) is 17.8 Å². The van der Waals surface area contributed by atoms with Crippen molar-refractivity contribution in [3.8, 4) is 0 Å². The van der Waals surface area contributed by atoms with Gasteiger partial charge >= 0.3 is 6.18 Å². The van der Waals surface area contributed by atoms with Crippen molar-refractivity contribution in [2.24, 2.45) is 0 Å². The van der Waals surface area contributed by atoms with Crippen molar-refractivity contribution >= 4 is 5.91 Å². The summed E-state index contributed by atoms with van der Waals surface area (Å²) in [7, 11) is 0. The molecule has 1 aromatic heterocycles. The molecule has 1 amide bonds. The van der Waals surface area contributed by atoms with E-state index < -0.39 is 17.6 Å². The number of carbonyl (C=O) groups is 1. The molecular formula is C16H18F3N5O. The molecular weight excluding hydrogens is 335 g/mol. The van der Waals surface area contributed by atoms with Gasteiger partial charge < -0.3 is 10.6 Å². The van der Waals surface area contributed by atoms with Crippen LogP contribution in [0.3, 0.4) is 0 Å². The van der Waals surface area contributed by atoms with E-state index in [-0.39, 0.29) is 18.3 Å². The molecule has 0 aliphatic carbocycles. The third-order valence-corrected chi connectivity index (χ3v) is 4.13. The predicted molar refractivity (Wildman–Crippen MR) is 83.8 cm³/mol. The fourth-order valence-electron chi connectivity index (χ4n) is 2.76. The van der Waals surface area contributed by atoms with Gasteiger partial charge in [-0.3, -0.25) is 4.79 Å². The van der Waals surface area contributed by atoms with Crippen LogP contribution < -0.4 is 10.6 Å². The number of rotatable bonds is 4. The van der Waals surface area contributed by atoms with Crippen LogP contribution in [0.2, 0.25) is 0 Å². The van der Waals surface area contributed by atoms with Crippen molar-refractivity contribution in [3.63, 3.8) is 0 Å². The number of halogens is 3. The van der Waals surface area contributed by atoms with E-state index in [2.05, 4.69) is 20.9 Å². The van der Waals surface area contributed by atoms with Gasteiger partial charge in [-0.2, -0.15) is 13.2 Å². The van der Waals surface area contributed by atoms with Crippen LogP contribution in [0.5, 0.6) is 0 Å². The molecule has 25 heavy (non-hydrogen) atoms. The molecule has 0 radical (unpaired) electrons. The molecule has 134 valence electrons. The van der Waals surface area contributed by atoms with E-state index in [0.717, 1.165) is 38.1 Å². The third kappa shape index (κ3) is 4.36. The molecule has 0 saturated carbocycles. The Bertz CT molecular complexity index is 737. The number of alkyl halides is 3. The summed E-state index contributed by atoms with van der Waals surface area (Å²) in [6.07, 6.45) is -1.00. The van der Waals surface area contributed by atoms with Gasteiger partial charge in [0.15, 0.2) is 5.69 Å². The van der Waals surface area contributed by atoms with E-state index >= 15 is 0 Å². The van der Waals surface area contributed by atoms with Crippen LogP contribution in [-0.2, 0) is 12.7 Å². The predicted octanol–water partition coefficient (Wildman–Crippen LogP) is 2.15. The minimum atomic E-state index is -4.41. The van der Waals surface area contributed by atoms with Gasteiger partial charge in [0.2, 0.25) is 0 Å². The van der Waals surface area contributed by atoms with E-state index in [1.54, 1.807) is 10.9 Å². The number of nitrogens with zero attached hydrogens (tertiary/aromatic N) is 3. The molecule has 0 atom stereocenters. The molecule has 1 aliphatic rings. The molecule has 0 unspecified atom stereocenters. The van der Waals surface area contributed by atoms with Gasteiger partial charge in [-0.15, -0.1) is 5.10 Å². The van der Waals surface area contributed by atoms with E-state index in [4.69, 9.17) is 0 Å². The molecule has 9 heteroatoms. The Balaban J connectivity index is 1.60. The summed E-state index contributed by atoms with van der Waals surface area (Å²) in [5, 5.41) is 13.7. The molecule has 1 saturated heterocycles. The van der Waals surface area contributed by atoms with Crippen molar-refractivity contribution < 1.29 is 18.0 Å². The zero-order valence-electron chi connectivity index (χ0n) is 13.4. The largest absolute Gasteiger partial charge is 0.416 e. The molecule has 2 heterocycles. The van der Waals surface area contributed by atoms with Crippen LogP contribution in [0.1, 0.15) is 40.5 Å². The smallest absolute Gasteiger partial charge is 0.347 e. The summed E-state index contributed by atoms with van der Waals surface area (Å²) in [6, 6.07) is 5.07. The number of nitrogens with one attached hydrogen (secondary N) is 2. The van der Waals surface area contributed by atoms with Crippen molar-refractivity contribution in [1.29, 1.82) is 0 Å². The Kier molecular flexibility index (Phi) is 5.03. The van der Waals surface area contributed by atoms with E-state index in [0.29, 0.717) is 5.56 Å². The van der Waals surface area contributed by atoms with Crippen LogP contribution in [0, 0.1) is 0 Å². The molecule has 6 nitrogen and oxygen atoms in total. The summed E-state index contributed by atoms with van der Waals surface area (Å²) in [5.74, 6) is -0.461. The van der Waals surface area contributed by atoms with Crippen LogP contribution in [0.25, 0.3) is 0 Å². The number of hydrogen-bond donors (Lipinski definition) is 2. The van der Waals surface area contributed by atoms with E-state index in [9.17, 15) is 18.0 Å². The maximum absolute atomic E-state index is 12.7. The Hall–Kier alpha value is -2.42. The Morgan fingerprint density at radius 2 is 2.08 bits per heavy atom. The highest BCUT2D eigenvalue weighted by Gasteiger charge is 2.30. The van der Waals surface area contributed by atoms with Crippen molar-refractivity contribution in [2.75, 3.05) is 13.1 Å². The topological polar surface area (TPSA) is 71.8 Å². The van der Waals surface area contributed by atoms with Gasteiger partial charge in [-0.25, -0.2) is 4.68 Å². The lowest BCUT2D eigenvalue weighted by molar-refractivity contribution is -0.137. The fraction of sp³-hybridized carbons (Fsp3) is 0.438. The van der Waals surface area contributed by atoms with Gasteiger partial charge in [0, 0.05) is 6.54 Å². The Labute approximate surface area is 142 Å². The lowest BCUT2D eigenvalue weighted by atomic mass is 10.1. The maximum atomic E-state index is 12.7. The van der Waals surface area contributed by atoms with Crippen LogP contribution in [-0.4, -0.2) is 34.0 Å². The lowest BCUT2D eigenvalue weighted by Gasteiger charge is -2.22. The number of aromatic nitrogens is 3. The van der Waals surface area contributed by atoms with Crippen LogP contribution in [0.15, 0.2) is 30.5 Å². The second-order valence-electron chi connectivity index (χ2n) is 5.95. The van der Waals surface area contributed by atoms with Crippen LogP contribution >= 0.6 is 0 Å². The summed E-state index contributed by atoms with van der Waals surface area (Å²) >= 11 is 0. The number of benzene rings is 1. The summed E-state index contributed by atoms with van der Waals surface area (Å²) in [6.45, 7) is 1.77. The Morgan fingerprint density at radius 3 is 2.80 bits per heavy atom. The third-order valence-electron chi connectivity index (χ3n) is 4.13. The van der Waals surface area contributed by atoms with E-state index in [1.165, 1.54) is 12.1 Å². The quantitative estimate of drug-likeness (QED) is 0.884. The molecule has 2 aromatic rings. The zero-order chi connectivity index (χ0) is 17.9. The SMILES string of the molecule is O=C(NCc1cccc(C(F)(F)F)c1)c1cn(C2CCNCC2)nn1. The van der Waals surface area contributed by atoms with Crippen molar-refractivity contribution in [3.05, 3.63) is 47.3 Å². The zero-order valence-corrected chi connectivity index (χ0v) is 13.4. The molecule has 2 N–H and O–H groups in total. The van der Waals surface area contributed by atoms with Crippen molar-refractivity contribution in [1.82, 2.24) is 25.6 Å². The Morgan fingerprint density at radius 1 is 1.32 bits per heavy atom. The molecule has 3 rings (SSSR count). The molecule has 1 fully saturated rings. The lowest BCUT2D eigenvalue weighted by Crippen LogP contribution is -2.29. The molecule has 1 aliphatic heterocycles. The molecule has 0 spiro atoms. The van der Waals surface area contributed by atoms with Crippen molar-refractivity contribution in [2.45, 2.75) is 31.6 Å². The average molecular weight is 353 g/mol. The highest BCUT2D eigenvalue weighted by atomic mass is 19.4. The summed E-state index contributed by atoms with van der Waals surface area (Å²) in [4.78, 5) is 12.1. The minimum Gasteiger partial charge on any atom is -0.347 e. The van der Waals surface area contributed by atoms with Gasteiger partial charge in [0.1, 0.15) is 0 Å². The van der Waals surface area contributed by atoms with Gasteiger partial charge in [-0.1, -0.05) is 17.3 Å². The van der Waals surface area contributed by atoms with Crippen LogP contribution in [0.4, 0.5) is 13.2 Å². The second kappa shape index (κ2) is 7.22.